The number of amides is 2. The van der Waals surface area contributed by atoms with Gasteiger partial charge in [0.25, 0.3) is 5.91 Å². The molecule has 0 N–H and O–H groups in total. The smallest absolute Gasteiger partial charge is 0.254 e. The largest absolute Gasteiger partial charge is 0.333 e. The quantitative estimate of drug-likeness (QED) is 0.581. The predicted molar refractivity (Wildman–Crippen MR) is 135 cm³/mol. The van der Waals surface area contributed by atoms with E-state index in [4.69, 9.17) is 0 Å². The molecule has 1 aromatic carbocycles. The average Bonchev–Trinajstić information content (AvgIpc) is 3.35. The van der Waals surface area contributed by atoms with E-state index in [0.29, 0.717) is 18.5 Å². The molecule has 7 nitrogen and oxygen atoms in total. The summed E-state index contributed by atoms with van der Waals surface area (Å²) < 4.78 is 25.8. The summed E-state index contributed by atoms with van der Waals surface area (Å²) in [4.78, 5) is 30.8. The van der Waals surface area contributed by atoms with Crippen molar-refractivity contribution in [1.82, 2.24) is 14.1 Å². The lowest BCUT2D eigenvalue weighted by molar-refractivity contribution is -0.129. The molecule has 0 bridgehead atoms. The minimum Gasteiger partial charge on any atom is -0.333 e. The summed E-state index contributed by atoms with van der Waals surface area (Å²) in [5.74, 6) is -0.272. The molecular weight excluding hydrogens is 462 g/mol. The molecule has 1 unspecified atom stereocenters. The molecule has 2 amide bonds. The number of carbonyl (C=O) groups excluding carboxylic acids is 2. The second kappa shape index (κ2) is 9.36. The highest BCUT2D eigenvalue weighted by Crippen LogP contribution is 2.41. The predicted octanol–water partition coefficient (Wildman–Crippen LogP) is 3.28. The zero-order valence-electron chi connectivity index (χ0n) is 21.0. The molecule has 3 saturated heterocycles. The van der Waals surface area contributed by atoms with E-state index in [1.165, 1.54) is 31.2 Å². The van der Waals surface area contributed by atoms with Gasteiger partial charge in [0.1, 0.15) is 0 Å². The Bertz CT molecular complexity index is 1130. The lowest BCUT2D eigenvalue weighted by Crippen LogP contribution is -2.44. The lowest BCUT2D eigenvalue weighted by atomic mass is 9.82. The molecule has 1 aromatic rings. The Morgan fingerprint density at radius 2 is 1.83 bits per heavy atom. The van der Waals surface area contributed by atoms with Crippen molar-refractivity contribution in [2.75, 3.05) is 25.9 Å². The molecule has 5 rings (SSSR count). The van der Waals surface area contributed by atoms with E-state index in [0.717, 1.165) is 36.1 Å². The van der Waals surface area contributed by atoms with E-state index >= 15 is 0 Å². The second-order valence-corrected chi connectivity index (χ2v) is 13.0. The standard InChI is InChI=1S/C27H37N3O4S/c1-18(2)24-25-23(30(27(24)32)35(3,33)34)13-15-29(25)26(31)21-10-8-19(9-11-21)16-28-14-12-20-6-4-5-7-22(20)17-28/h7-11,18,20,23-25H,4-6,12-17H2,1-3H3/t20?,23-,24+,25-/m0/s1. The third-order valence-corrected chi connectivity index (χ3v) is 9.59. The van der Waals surface area contributed by atoms with Crippen LogP contribution in [0.2, 0.25) is 0 Å². The Morgan fingerprint density at radius 1 is 1.09 bits per heavy atom. The Morgan fingerprint density at radius 3 is 2.51 bits per heavy atom. The molecule has 190 valence electrons. The number of carbonyl (C=O) groups is 2. The van der Waals surface area contributed by atoms with Gasteiger partial charge >= 0.3 is 0 Å². The highest BCUT2D eigenvalue weighted by atomic mass is 32.2. The van der Waals surface area contributed by atoms with Gasteiger partial charge in [-0.3, -0.25) is 14.5 Å². The first-order valence-electron chi connectivity index (χ1n) is 13.0. The maximum absolute atomic E-state index is 13.5. The van der Waals surface area contributed by atoms with E-state index in [1.54, 1.807) is 10.5 Å². The fourth-order valence-electron chi connectivity index (χ4n) is 6.78. The van der Waals surface area contributed by atoms with Crippen LogP contribution in [0.1, 0.15) is 61.9 Å². The van der Waals surface area contributed by atoms with Gasteiger partial charge in [0.2, 0.25) is 15.9 Å². The molecule has 1 aliphatic carbocycles. The number of sulfonamides is 1. The minimum absolute atomic E-state index is 0.0547. The number of benzene rings is 1. The van der Waals surface area contributed by atoms with Crippen LogP contribution in [0.5, 0.6) is 0 Å². The van der Waals surface area contributed by atoms with Gasteiger partial charge in [0, 0.05) is 25.2 Å². The third-order valence-electron chi connectivity index (χ3n) is 8.42. The van der Waals surface area contributed by atoms with E-state index in [9.17, 15) is 18.0 Å². The SMILES string of the molecule is CC(C)[C@H]1C(=O)N(S(C)(=O)=O)[C@H]2CCN(C(=O)c3ccc(CN4CCC5CCCC=C5C4)cc3)[C@H]12. The van der Waals surface area contributed by atoms with E-state index in [-0.39, 0.29) is 17.7 Å². The first kappa shape index (κ1) is 24.5. The van der Waals surface area contributed by atoms with Crippen molar-refractivity contribution in [3.05, 3.63) is 47.0 Å². The zero-order chi connectivity index (χ0) is 24.9. The Hall–Kier alpha value is -2.19. The summed E-state index contributed by atoms with van der Waals surface area (Å²) in [6.07, 6.45) is 9.11. The fourth-order valence-corrected chi connectivity index (χ4v) is 7.96. The highest BCUT2D eigenvalue weighted by molar-refractivity contribution is 7.88. The Labute approximate surface area is 209 Å². The molecule has 0 saturated carbocycles. The van der Waals surface area contributed by atoms with E-state index in [1.807, 2.05) is 38.1 Å². The molecule has 3 fully saturated rings. The van der Waals surface area contributed by atoms with Crippen LogP contribution >= 0.6 is 0 Å². The number of allylic oxidation sites excluding steroid dienone is 1. The second-order valence-electron chi connectivity index (χ2n) is 11.1. The highest BCUT2D eigenvalue weighted by Gasteiger charge is 2.58. The van der Waals surface area contributed by atoms with Crippen LogP contribution in [0.25, 0.3) is 0 Å². The number of nitrogens with zero attached hydrogens (tertiary/aromatic N) is 3. The summed E-state index contributed by atoms with van der Waals surface area (Å²) >= 11 is 0. The first-order chi connectivity index (χ1) is 16.6. The molecule has 0 spiro atoms. The number of fused-ring (bicyclic) bond motifs is 2. The maximum Gasteiger partial charge on any atom is 0.254 e. The topological polar surface area (TPSA) is 78.0 Å². The number of hydrogen-bond acceptors (Lipinski definition) is 5. The molecule has 3 aliphatic heterocycles. The van der Waals surface area contributed by atoms with Crippen molar-refractivity contribution in [3.8, 4) is 0 Å². The van der Waals surface area contributed by atoms with Crippen LogP contribution in [0, 0.1) is 17.8 Å². The molecule has 3 heterocycles. The molecular formula is C27H37N3O4S. The van der Waals surface area contributed by atoms with Gasteiger partial charge in [-0.2, -0.15) is 0 Å². The number of likely N-dealkylation sites (tertiary alicyclic amines) is 2. The molecule has 0 radical (unpaired) electrons. The molecule has 4 aliphatic rings. The van der Waals surface area contributed by atoms with Gasteiger partial charge in [-0.05, 0) is 68.2 Å². The Balaban J connectivity index is 1.29. The van der Waals surface area contributed by atoms with Crippen LogP contribution < -0.4 is 0 Å². The average molecular weight is 500 g/mol. The lowest BCUT2D eigenvalue weighted by Gasteiger charge is -2.36. The monoisotopic (exact) mass is 499 g/mol. The van der Waals surface area contributed by atoms with Crippen molar-refractivity contribution < 1.29 is 18.0 Å². The minimum atomic E-state index is -3.68. The van der Waals surface area contributed by atoms with Crippen molar-refractivity contribution in [1.29, 1.82) is 0 Å². The summed E-state index contributed by atoms with van der Waals surface area (Å²) in [5.41, 5.74) is 3.39. The van der Waals surface area contributed by atoms with E-state index < -0.39 is 28.0 Å². The molecule has 4 atom stereocenters. The van der Waals surface area contributed by atoms with Crippen molar-refractivity contribution >= 4 is 21.8 Å². The number of piperidine rings is 1. The van der Waals surface area contributed by atoms with Crippen LogP contribution in [0.3, 0.4) is 0 Å². The number of rotatable bonds is 5. The summed E-state index contributed by atoms with van der Waals surface area (Å²) in [6.45, 7) is 7.34. The fraction of sp³-hybridized carbons (Fsp3) is 0.630. The summed E-state index contributed by atoms with van der Waals surface area (Å²) in [5, 5.41) is 0. The zero-order valence-corrected chi connectivity index (χ0v) is 21.8. The van der Waals surface area contributed by atoms with Crippen LogP contribution in [-0.4, -0.2) is 72.3 Å². The maximum atomic E-state index is 13.5. The van der Waals surface area contributed by atoms with Crippen LogP contribution in [0.4, 0.5) is 0 Å². The third kappa shape index (κ3) is 4.55. The van der Waals surface area contributed by atoms with Crippen molar-refractivity contribution in [2.45, 2.75) is 64.6 Å². The normalized spacial score (nSPS) is 29.4. The van der Waals surface area contributed by atoms with Gasteiger partial charge in [-0.1, -0.05) is 37.6 Å². The van der Waals surface area contributed by atoms with Crippen molar-refractivity contribution in [3.63, 3.8) is 0 Å². The van der Waals surface area contributed by atoms with Gasteiger partial charge in [0.15, 0.2) is 0 Å². The van der Waals surface area contributed by atoms with Gasteiger partial charge < -0.3 is 4.90 Å². The summed E-state index contributed by atoms with van der Waals surface area (Å²) in [6, 6.07) is 6.95. The van der Waals surface area contributed by atoms with Crippen LogP contribution in [0.15, 0.2) is 35.9 Å². The van der Waals surface area contributed by atoms with E-state index in [2.05, 4.69) is 11.0 Å². The molecule has 8 heteroatoms. The molecule has 0 aromatic heterocycles. The van der Waals surface area contributed by atoms with Gasteiger partial charge in [0.05, 0.1) is 24.3 Å². The Kier molecular flexibility index (Phi) is 6.55. The number of hydrogen-bond donors (Lipinski definition) is 0. The molecule has 35 heavy (non-hydrogen) atoms. The van der Waals surface area contributed by atoms with Crippen molar-refractivity contribution in [2.24, 2.45) is 17.8 Å². The first-order valence-corrected chi connectivity index (χ1v) is 14.8. The van der Waals surface area contributed by atoms with Gasteiger partial charge in [-0.15, -0.1) is 0 Å². The van der Waals surface area contributed by atoms with Crippen LogP contribution in [-0.2, 0) is 21.4 Å². The summed E-state index contributed by atoms with van der Waals surface area (Å²) in [7, 11) is -3.68. The van der Waals surface area contributed by atoms with Gasteiger partial charge in [-0.25, -0.2) is 12.7 Å².